The summed E-state index contributed by atoms with van der Waals surface area (Å²) in [7, 11) is 0. The normalized spacial score (nSPS) is 12.4. The Morgan fingerprint density at radius 2 is 1.68 bits per heavy atom. The van der Waals surface area contributed by atoms with E-state index >= 15 is 0 Å². The zero-order valence-corrected chi connectivity index (χ0v) is 10.9. The number of rotatable bonds is 5. The van der Waals surface area contributed by atoms with Crippen LogP contribution in [0.15, 0.2) is 48.5 Å². The fraction of sp³-hybridized carbons (Fsp3) is 0.250. The van der Waals surface area contributed by atoms with Crippen LogP contribution in [0, 0.1) is 11.6 Å². The smallest absolute Gasteiger partial charge is 0.126 e. The number of hydrogen-bond acceptors (Lipinski definition) is 1. The number of halogens is 2. The highest BCUT2D eigenvalue weighted by Crippen LogP contribution is 2.09. The van der Waals surface area contributed by atoms with Gasteiger partial charge in [-0.05, 0) is 42.7 Å². The summed E-state index contributed by atoms with van der Waals surface area (Å²) in [6, 6.07) is 13.3. The fourth-order valence-electron chi connectivity index (χ4n) is 1.96. The molecular formula is C16H17F2N. The minimum atomic E-state index is -0.233. The molecule has 0 bridgehead atoms. The van der Waals surface area contributed by atoms with Crippen LogP contribution in [0.4, 0.5) is 8.78 Å². The van der Waals surface area contributed by atoms with E-state index in [1.165, 1.54) is 18.2 Å². The lowest BCUT2D eigenvalue weighted by molar-refractivity contribution is 0.525. The zero-order chi connectivity index (χ0) is 13.7. The molecule has 0 heterocycles. The summed E-state index contributed by atoms with van der Waals surface area (Å²) in [6.45, 7) is 2.66. The van der Waals surface area contributed by atoms with Crippen molar-refractivity contribution in [2.24, 2.45) is 0 Å². The molecule has 1 unspecified atom stereocenters. The second kappa shape index (κ2) is 6.43. The lowest BCUT2D eigenvalue weighted by Gasteiger charge is -2.14. The van der Waals surface area contributed by atoms with Crippen molar-refractivity contribution in [3.63, 3.8) is 0 Å². The summed E-state index contributed by atoms with van der Waals surface area (Å²) in [4.78, 5) is 0. The molecule has 1 nitrogen and oxygen atoms in total. The predicted octanol–water partition coefficient (Wildman–Crippen LogP) is 3.69. The van der Waals surface area contributed by atoms with Crippen molar-refractivity contribution >= 4 is 0 Å². The van der Waals surface area contributed by atoms with E-state index < -0.39 is 0 Å². The first-order chi connectivity index (χ1) is 9.15. The second-order valence-corrected chi connectivity index (χ2v) is 4.70. The molecule has 1 atom stereocenters. The Hall–Kier alpha value is -1.74. The van der Waals surface area contributed by atoms with Crippen molar-refractivity contribution in [2.45, 2.75) is 25.9 Å². The van der Waals surface area contributed by atoms with E-state index in [0.717, 1.165) is 5.56 Å². The van der Waals surface area contributed by atoms with Gasteiger partial charge in [0.15, 0.2) is 0 Å². The summed E-state index contributed by atoms with van der Waals surface area (Å²) in [6.07, 6.45) is 0.633. The summed E-state index contributed by atoms with van der Waals surface area (Å²) < 4.78 is 26.2. The molecule has 2 rings (SSSR count). The van der Waals surface area contributed by atoms with E-state index in [2.05, 4.69) is 5.32 Å². The van der Waals surface area contributed by atoms with Crippen LogP contribution in [-0.4, -0.2) is 6.04 Å². The first kappa shape index (κ1) is 13.7. The van der Waals surface area contributed by atoms with Gasteiger partial charge < -0.3 is 5.32 Å². The van der Waals surface area contributed by atoms with E-state index in [1.54, 1.807) is 24.3 Å². The molecule has 100 valence electrons. The number of benzene rings is 2. The molecule has 0 aliphatic rings. The minimum Gasteiger partial charge on any atom is -0.310 e. The molecule has 19 heavy (non-hydrogen) atoms. The monoisotopic (exact) mass is 261 g/mol. The Balaban J connectivity index is 1.86. The van der Waals surface area contributed by atoms with Gasteiger partial charge in [0, 0.05) is 12.6 Å². The van der Waals surface area contributed by atoms with Gasteiger partial charge in [0.1, 0.15) is 11.6 Å². The van der Waals surface area contributed by atoms with E-state index in [-0.39, 0.29) is 17.7 Å². The van der Waals surface area contributed by atoms with Crippen molar-refractivity contribution in [1.29, 1.82) is 0 Å². The van der Waals surface area contributed by atoms with Crippen LogP contribution in [0.5, 0.6) is 0 Å². The molecule has 2 aromatic carbocycles. The van der Waals surface area contributed by atoms with Gasteiger partial charge in [0.05, 0.1) is 0 Å². The standard InChI is InChI=1S/C16H17F2N/c1-12(10-14-4-2-3-5-16(14)18)19-11-13-6-8-15(17)9-7-13/h2-9,12,19H,10-11H2,1H3. The van der Waals surface area contributed by atoms with E-state index in [4.69, 9.17) is 0 Å². The van der Waals surface area contributed by atoms with Gasteiger partial charge >= 0.3 is 0 Å². The van der Waals surface area contributed by atoms with Gasteiger partial charge in [-0.3, -0.25) is 0 Å². The minimum absolute atomic E-state index is 0.155. The molecule has 0 saturated carbocycles. The molecule has 0 radical (unpaired) electrons. The van der Waals surface area contributed by atoms with Gasteiger partial charge in [-0.25, -0.2) is 8.78 Å². The summed E-state index contributed by atoms with van der Waals surface area (Å²) >= 11 is 0. The summed E-state index contributed by atoms with van der Waals surface area (Å²) in [5.74, 6) is -0.402. The summed E-state index contributed by atoms with van der Waals surface area (Å²) in [5.41, 5.74) is 1.73. The molecule has 0 fully saturated rings. The maximum Gasteiger partial charge on any atom is 0.126 e. The van der Waals surface area contributed by atoms with Crippen molar-refractivity contribution in [2.75, 3.05) is 0 Å². The Kier molecular flexibility index (Phi) is 4.63. The topological polar surface area (TPSA) is 12.0 Å². The number of hydrogen-bond donors (Lipinski definition) is 1. The Labute approximate surface area is 112 Å². The van der Waals surface area contributed by atoms with Crippen molar-refractivity contribution < 1.29 is 8.78 Å². The highest BCUT2D eigenvalue weighted by atomic mass is 19.1. The van der Waals surface area contributed by atoms with E-state index in [1.807, 2.05) is 13.0 Å². The van der Waals surface area contributed by atoms with Gasteiger partial charge in [0.2, 0.25) is 0 Å². The highest BCUT2D eigenvalue weighted by Gasteiger charge is 2.06. The maximum atomic E-state index is 13.5. The molecule has 0 spiro atoms. The van der Waals surface area contributed by atoms with Crippen molar-refractivity contribution in [3.05, 3.63) is 71.3 Å². The van der Waals surface area contributed by atoms with Gasteiger partial charge in [0.25, 0.3) is 0 Å². The second-order valence-electron chi connectivity index (χ2n) is 4.70. The van der Waals surface area contributed by atoms with Crippen molar-refractivity contribution in [1.82, 2.24) is 5.32 Å². The van der Waals surface area contributed by atoms with E-state index in [9.17, 15) is 8.78 Å². The Morgan fingerprint density at radius 3 is 2.37 bits per heavy atom. The average molecular weight is 261 g/mol. The Bertz CT molecular complexity index is 523. The fourth-order valence-corrected chi connectivity index (χ4v) is 1.96. The molecule has 3 heteroatoms. The third kappa shape index (κ3) is 4.14. The molecule has 0 amide bonds. The Morgan fingerprint density at radius 1 is 1.00 bits per heavy atom. The largest absolute Gasteiger partial charge is 0.310 e. The van der Waals surface area contributed by atoms with Crippen LogP contribution in [0.2, 0.25) is 0 Å². The highest BCUT2D eigenvalue weighted by molar-refractivity contribution is 5.19. The van der Waals surface area contributed by atoms with Crippen LogP contribution < -0.4 is 5.32 Å². The van der Waals surface area contributed by atoms with Gasteiger partial charge in [-0.1, -0.05) is 30.3 Å². The zero-order valence-electron chi connectivity index (χ0n) is 10.9. The first-order valence-corrected chi connectivity index (χ1v) is 6.36. The molecule has 0 aliphatic carbocycles. The lowest BCUT2D eigenvalue weighted by Crippen LogP contribution is -2.27. The van der Waals surface area contributed by atoms with Crippen LogP contribution >= 0.6 is 0 Å². The van der Waals surface area contributed by atoms with Crippen molar-refractivity contribution in [3.8, 4) is 0 Å². The maximum absolute atomic E-state index is 13.5. The quantitative estimate of drug-likeness (QED) is 0.865. The first-order valence-electron chi connectivity index (χ1n) is 6.36. The molecule has 2 aromatic rings. The SMILES string of the molecule is CC(Cc1ccccc1F)NCc1ccc(F)cc1. The molecule has 1 N–H and O–H groups in total. The molecule has 0 aliphatic heterocycles. The van der Waals surface area contributed by atoms with Crippen LogP contribution in [0.1, 0.15) is 18.1 Å². The van der Waals surface area contributed by atoms with Crippen LogP contribution in [-0.2, 0) is 13.0 Å². The predicted molar refractivity (Wildman–Crippen MR) is 72.8 cm³/mol. The van der Waals surface area contributed by atoms with Gasteiger partial charge in [-0.2, -0.15) is 0 Å². The van der Waals surface area contributed by atoms with Crippen LogP contribution in [0.25, 0.3) is 0 Å². The van der Waals surface area contributed by atoms with Gasteiger partial charge in [-0.15, -0.1) is 0 Å². The lowest BCUT2D eigenvalue weighted by atomic mass is 10.1. The molecular weight excluding hydrogens is 244 g/mol. The summed E-state index contributed by atoms with van der Waals surface area (Å²) in [5, 5.41) is 3.30. The van der Waals surface area contributed by atoms with Crippen LogP contribution in [0.3, 0.4) is 0 Å². The average Bonchev–Trinajstić information content (AvgIpc) is 2.41. The molecule has 0 aromatic heterocycles. The third-order valence-electron chi connectivity index (χ3n) is 3.05. The number of nitrogens with one attached hydrogen (secondary N) is 1. The molecule has 0 saturated heterocycles. The van der Waals surface area contributed by atoms with E-state index in [0.29, 0.717) is 18.5 Å². The third-order valence-corrected chi connectivity index (χ3v) is 3.05.